The average molecular weight is 299 g/mol. The van der Waals surface area contributed by atoms with Crippen LogP contribution in [0.5, 0.6) is 0 Å². The summed E-state index contributed by atoms with van der Waals surface area (Å²) < 4.78 is 5.46. The summed E-state index contributed by atoms with van der Waals surface area (Å²) in [5.41, 5.74) is -0.228. The van der Waals surface area contributed by atoms with Gasteiger partial charge in [0.25, 0.3) is 0 Å². The van der Waals surface area contributed by atoms with Gasteiger partial charge < -0.3 is 9.84 Å². The summed E-state index contributed by atoms with van der Waals surface area (Å²) in [6, 6.07) is 5.18. The van der Waals surface area contributed by atoms with Crippen LogP contribution in [0.2, 0.25) is 0 Å². The minimum atomic E-state index is -1.46. The van der Waals surface area contributed by atoms with Crippen molar-refractivity contribution in [3.05, 3.63) is 33.8 Å². The lowest BCUT2D eigenvalue weighted by atomic mass is 9.85. The molecule has 17 heavy (non-hydrogen) atoms. The van der Waals surface area contributed by atoms with E-state index in [1.165, 1.54) is 7.11 Å². The molecule has 1 aromatic carbocycles. The van der Waals surface area contributed by atoms with Crippen molar-refractivity contribution in [2.24, 2.45) is 5.41 Å². The van der Waals surface area contributed by atoms with Gasteiger partial charge in [-0.1, -0.05) is 15.9 Å². The van der Waals surface area contributed by atoms with Gasteiger partial charge in [-0.15, -0.1) is 0 Å². The van der Waals surface area contributed by atoms with Gasteiger partial charge in [0.15, 0.2) is 11.2 Å². The number of benzene rings is 1. The van der Waals surface area contributed by atoms with Crippen molar-refractivity contribution in [2.45, 2.75) is 6.42 Å². The fraction of sp³-hybridized carbons (Fsp3) is 0.333. The quantitative estimate of drug-likeness (QED) is 0.661. The van der Waals surface area contributed by atoms with Crippen LogP contribution in [0.25, 0.3) is 0 Å². The lowest BCUT2D eigenvalue weighted by Gasteiger charge is -2.20. The number of esters is 1. The van der Waals surface area contributed by atoms with Crippen molar-refractivity contribution in [2.75, 3.05) is 13.7 Å². The first-order valence-corrected chi connectivity index (χ1v) is 5.87. The van der Waals surface area contributed by atoms with Crippen LogP contribution in [0.1, 0.15) is 15.9 Å². The Kier molecular flexibility index (Phi) is 3.05. The molecule has 4 nitrogen and oxygen atoms in total. The summed E-state index contributed by atoms with van der Waals surface area (Å²) in [5, 5.41) is 9.40. The van der Waals surface area contributed by atoms with Crippen molar-refractivity contribution < 1.29 is 19.4 Å². The molecule has 1 N–H and O–H groups in total. The topological polar surface area (TPSA) is 63.6 Å². The van der Waals surface area contributed by atoms with Crippen LogP contribution in [0.4, 0.5) is 0 Å². The van der Waals surface area contributed by atoms with E-state index >= 15 is 0 Å². The van der Waals surface area contributed by atoms with Gasteiger partial charge in [0, 0.05) is 10.0 Å². The van der Waals surface area contributed by atoms with E-state index in [-0.39, 0.29) is 12.2 Å². The van der Waals surface area contributed by atoms with Crippen LogP contribution in [-0.2, 0) is 16.0 Å². The number of fused-ring (bicyclic) bond motifs is 1. The molecule has 1 aromatic rings. The molecule has 0 bridgehead atoms. The monoisotopic (exact) mass is 298 g/mol. The fourth-order valence-corrected chi connectivity index (χ4v) is 2.55. The zero-order valence-electron chi connectivity index (χ0n) is 9.20. The van der Waals surface area contributed by atoms with Crippen LogP contribution in [0, 0.1) is 5.41 Å². The zero-order chi connectivity index (χ0) is 12.6. The molecule has 0 aliphatic heterocycles. The number of Topliss-reactive ketones (excluding diaryl/α,β-unsaturated/α-hetero) is 1. The lowest BCUT2D eigenvalue weighted by molar-refractivity contribution is -0.151. The standard InChI is InChI=1S/C12H11BrO4/c1-17-11(16)12(6-14)5-7-4-8(13)2-3-9(7)10(12)15/h2-4,14H,5-6H2,1H3. The summed E-state index contributed by atoms with van der Waals surface area (Å²) in [7, 11) is 1.21. The minimum absolute atomic E-state index is 0.184. The average Bonchev–Trinajstić information content (AvgIpc) is 2.61. The van der Waals surface area contributed by atoms with Crippen molar-refractivity contribution in [1.29, 1.82) is 0 Å². The Morgan fingerprint density at radius 3 is 2.88 bits per heavy atom. The summed E-state index contributed by atoms with van der Waals surface area (Å²) >= 11 is 3.31. The summed E-state index contributed by atoms with van der Waals surface area (Å²) in [6.45, 7) is -0.537. The lowest BCUT2D eigenvalue weighted by Crippen LogP contribution is -2.41. The highest BCUT2D eigenvalue weighted by Crippen LogP contribution is 2.38. The third-order valence-corrected chi connectivity index (χ3v) is 3.58. The van der Waals surface area contributed by atoms with Gasteiger partial charge in [-0.25, -0.2) is 0 Å². The summed E-state index contributed by atoms with van der Waals surface area (Å²) in [5.74, 6) is -1.05. The molecule has 0 amide bonds. The number of aliphatic hydroxyl groups excluding tert-OH is 1. The van der Waals surface area contributed by atoms with E-state index in [1.54, 1.807) is 18.2 Å². The molecule has 90 valence electrons. The third kappa shape index (κ3) is 1.70. The second-order valence-electron chi connectivity index (χ2n) is 4.04. The number of carbonyl (C=O) groups excluding carboxylic acids is 2. The number of halogens is 1. The van der Waals surface area contributed by atoms with E-state index in [9.17, 15) is 14.7 Å². The molecule has 1 atom stereocenters. The van der Waals surface area contributed by atoms with Crippen molar-refractivity contribution in [3.63, 3.8) is 0 Å². The Morgan fingerprint density at radius 1 is 1.59 bits per heavy atom. The number of hydrogen-bond acceptors (Lipinski definition) is 4. The molecule has 1 aliphatic carbocycles. The first-order valence-electron chi connectivity index (χ1n) is 5.07. The Morgan fingerprint density at radius 2 is 2.29 bits per heavy atom. The maximum atomic E-state index is 12.2. The molecule has 2 rings (SSSR count). The number of hydrogen-bond donors (Lipinski definition) is 1. The molecule has 1 aliphatic rings. The summed E-state index contributed by atoms with van der Waals surface area (Å²) in [6.07, 6.45) is 0.184. The molecule has 0 saturated heterocycles. The minimum Gasteiger partial charge on any atom is -0.468 e. The molecule has 0 radical (unpaired) electrons. The Balaban J connectivity index is 2.51. The molecule has 0 fully saturated rings. The van der Waals surface area contributed by atoms with Crippen molar-refractivity contribution in [3.8, 4) is 0 Å². The van der Waals surface area contributed by atoms with Gasteiger partial charge in [0.1, 0.15) is 0 Å². The largest absolute Gasteiger partial charge is 0.468 e. The summed E-state index contributed by atoms with van der Waals surface area (Å²) in [4.78, 5) is 23.9. The Bertz CT molecular complexity index is 497. The third-order valence-electron chi connectivity index (χ3n) is 3.08. The predicted octanol–water partition coefficient (Wildman–Crippen LogP) is 1.34. The highest BCUT2D eigenvalue weighted by Gasteiger charge is 2.52. The van der Waals surface area contributed by atoms with Gasteiger partial charge in [-0.05, 0) is 30.2 Å². The maximum Gasteiger partial charge on any atom is 0.322 e. The molecular formula is C12H11BrO4. The number of rotatable bonds is 2. The van der Waals surface area contributed by atoms with Crippen LogP contribution in [0.3, 0.4) is 0 Å². The van der Waals surface area contributed by atoms with Gasteiger partial charge in [0.05, 0.1) is 13.7 Å². The highest BCUT2D eigenvalue weighted by atomic mass is 79.9. The number of carbonyl (C=O) groups is 2. The Hall–Kier alpha value is -1.20. The van der Waals surface area contributed by atoms with E-state index < -0.39 is 18.0 Å². The second-order valence-corrected chi connectivity index (χ2v) is 4.95. The first-order chi connectivity index (χ1) is 8.05. The molecule has 5 heteroatoms. The molecular weight excluding hydrogens is 288 g/mol. The first kappa shape index (κ1) is 12.3. The van der Waals surface area contributed by atoms with E-state index in [1.807, 2.05) is 0 Å². The van der Waals surface area contributed by atoms with Crippen LogP contribution in [0.15, 0.2) is 22.7 Å². The van der Waals surface area contributed by atoms with Gasteiger partial charge in [-0.2, -0.15) is 0 Å². The SMILES string of the molecule is COC(=O)C1(CO)Cc2cc(Br)ccc2C1=O. The van der Waals surface area contributed by atoms with Gasteiger partial charge >= 0.3 is 5.97 Å². The predicted molar refractivity (Wildman–Crippen MR) is 63.7 cm³/mol. The van der Waals surface area contributed by atoms with Gasteiger partial charge in [0.2, 0.25) is 0 Å². The van der Waals surface area contributed by atoms with Crippen molar-refractivity contribution in [1.82, 2.24) is 0 Å². The molecule has 1 unspecified atom stereocenters. The van der Waals surface area contributed by atoms with Crippen LogP contribution < -0.4 is 0 Å². The normalized spacial score (nSPS) is 22.4. The second kappa shape index (κ2) is 4.23. The van der Waals surface area contributed by atoms with Gasteiger partial charge in [-0.3, -0.25) is 9.59 Å². The molecule has 0 saturated carbocycles. The van der Waals surface area contributed by atoms with E-state index in [0.29, 0.717) is 5.56 Å². The van der Waals surface area contributed by atoms with E-state index in [0.717, 1.165) is 10.0 Å². The smallest absolute Gasteiger partial charge is 0.322 e. The molecule has 0 spiro atoms. The highest BCUT2D eigenvalue weighted by molar-refractivity contribution is 9.10. The van der Waals surface area contributed by atoms with Crippen LogP contribution >= 0.6 is 15.9 Å². The van der Waals surface area contributed by atoms with Crippen molar-refractivity contribution >= 4 is 27.7 Å². The Labute approximate surface area is 107 Å². The van der Waals surface area contributed by atoms with E-state index in [4.69, 9.17) is 0 Å². The number of ketones is 1. The van der Waals surface area contributed by atoms with E-state index in [2.05, 4.69) is 20.7 Å². The number of methoxy groups -OCH3 is 1. The number of ether oxygens (including phenoxy) is 1. The number of aliphatic hydroxyl groups is 1. The molecule has 0 aromatic heterocycles. The fourth-order valence-electron chi connectivity index (χ4n) is 2.15. The molecule has 0 heterocycles. The zero-order valence-corrected chi connectivity index (χ0v) is 10.8. The maximum absolute atomic E-state index is 12.2. The van der Waals surface area contributed by atoms with Crippen LogP contribution in [-0.4, -0.2) is 30.6 Å².